The van der Waals surface area contributed by atoms with Gasteiger partial charge in [-0.1, -0.05) is 60.7 Å². The molecule has 0 unspecified atom stereocenters. The minimum atomic E-state index is -0.189. The number of benzene rings is 2. The van der Waals surface area contributed by atoms with Crippen LogP contribution in [0, 0.1) is 6.92 Å². The highest BCUT2D eigenvalue weighted by atomic mass is 16.1. The molecule has 4 heteroatoms. The molecule has 4 nitrogen and oxygen atoms in total. The van der Waals surface area contributed by atoms with E-state index in [-0.39, 0.29) is 17.5 Å². The summed E-state index contributed by atoms with van der Waals surface area (Å²) in [5, 5.41) is 4.41. The third-order valence-corrected chi connectivity index (χ3v) is 4.94. The second kappa shape index (κ2) is 8.58. The Hall–Kier alpha value is -3.01. The summed E-state index contributed by atoms with van der Waals surface area (Å²) in [6.45, 7) is 4.79. The monoisotopic (exact) mass is 360 g/mol. The molecular weight excluding hydrogens is 336 g/mol. The third kappa shape index (κ3) is 4.40. The lowest BCUT2D eigenvalue weighted by molar-refractivity contribution is 0.0944. The molecule has 0 aliphatic heterocycles. The molecular formula is C23H24N2O2. The molecule has 0 spiro atoms. The highest BCUT2D eigenvalue weighted by molar-refractivity contribution is 5.99. The fourth-order valence-electron chi connectivity index (χ4n) is 3.40. The zero-order valence-electron chi connectivity index (χ0n) is 15.8. The maximum Gasteiger partial charge on any atom is 0.163 e. The van der Waals surface area contributed by atoms with Gasteiger partial charge in [0.2, 0.25) is 0 Å². The standard InChI is InChI=1S/C23H24N2O2/c1-3-25-17(2)21(16-24-25)20(14-22(26)18-10-6-4-7-11-18)15-23(27)19-12-8-5-9-13-19/h4-13,16,20H,3,14-15H2,1-2H3. The first-order chi connectivity index (χ1) is 13.1. The SMILES string of the molecule is CCn1ncc(C(CC(=O)c2ccccc2)CC(=O)c2ccccc2)c1C. The Morgan fingerprint density at radius 1 is 0.889 bits per heavy atom. The van der Waals surface area contributed by atoms with Crippen molar-refractivity contribution in [3.8, 4) is 0 Å². The second-order valence-corrected chi connectivity index (χ2v) is 6.68. The van der Waals surface area contributed by atoms with E-state index in [4.69, 9.17) is 0 Å². The molecule has 0 amide bonds. The van der Waals surface area contributed by atoms with Crippen LogP contribution in [0.2, 0.25) is 0 Å². The molecule has 138 valence electrons. The molecule has 0 bridgehead atoms. The summed E-state index contributed by atoms with van der Waals surface area (Å²) in [6, 6.07) is 18.5. The smallest absolute Gasteiger partial charge is 0.163 e. The third-order valence-electron chi connectivity index (χ3n) is 4.94. The summed E-state index contributed by atoms with van der Waals surface area (Å²) < 4.78 is 1.91. The summed E-state index contributed by atoms with van der Waals surface area (Å²) in [5.74, 6) is -0.0964. The van der Waals surface area contributed by atoms with Crippen molar-refractivity contribution in [2.24, 2.45) is 0 Å². The normalized spacial score (nSPS) is 10.9. The Morgan fingerprint density at radius 3 is 1.78 bits per heavy atom. The quantitative estimate of drug-likeness (QED) is 0.540. The van der Waals surface area contributed by atoms with Crippen LogP contribution in [-0.2, 0) is 6.54 Å². The van der Waals surface area contributed by atoms with Crippen LogP contribution in [0.4, 0.5) is 0 Å². The minimum absolute atomic E-state index is 0.0464. The van der Waals surface area contributed by atoms with E-state index < -0.39 is 0 Å². The molecule has 0 aliphatic carbocycles. The van der Waals surface area contributed by atoms with Gasteiger partial charge in [-0.25, -0.2) is 0 Å². The first-order valence-corrected chi connectivity index (χ1v) is 9.29. The average molecular weight is 360 g/mol. The van der Waals surface area contributed by atoms with Gasteiger partial charge >= 0.3 is 0 Å². The molecule has 0 fully saturated rings. The van der Waals surface area contributed by atoms with Gasteiger partial charge in [-0.15, -0.1) is 0 Å². The molecule has 2 aromatic carbocycles. The van der Waals surface area contributed by atoms with Gasteiger partial charge in [0.25, 0.3) is 0 Å². The molecule has 0 saturated heterocycles. The lowest BCUT2D eigenvalue weighted by Gasteiger charge is -2.16. The summed E-state index contributed by atoms with van der Waals surface area (Å²) in [5.41, 5.74) is 3.35. The molecule has 27 heavy (non-hydrogen) atoms. The van der Waals surface area contributed by atoms with Crippen molar-refractivity contribution in [3.63, 3.8) is 0 Å². The number of aromatic nitrogens is 2. The number of hydrogen-bond donors (Lipinski definition) is 0. The highest BCUT2D eigenvalue weighted by Crippen LogP contribution is 2.29. The molecule has 0 radical (unpaired) electrons. The van der Waals surface area contributed by atoms with Crippen molar-refractivity contribution >= 4 is 11.6 Å². The number of ketones is 2. The van der Waals surface area contributed by atoms with E-state index in [0.29, 0.717) is 24.0 Å². The number of aryl methyl sites for hydroxylation is 1. The Balaban J connectivity index is 1.87. The molecule has 0 aliphatic rings. The molecule has 1 aromatic heterocycles. The topological polar surface area (TPSA) is 52.0 Å². The van der Waals surface area contributed by atoms with Gasteiger partial charge in [0, 0.05) is 42.1 Å². The van der Waals surface area contributed by atoms with Gasteiger partial charge in [-0.3, -0.25) is 14.3 Å². The number of carbonyl (C=O) groups is 2. The predicted molar refractivity (Wildman–Crippen MR) is 106 cm³/mol. The molecule has 3 rings (SSSR count). The predicted octanol–water partition coefficient (Wildman–Crippen LogP) is 4.84. The number of carbonyl (C=O) groups excluding carboxylic acids is 2. The number of nitrogens with zero attached hydrogens (tertiary/aromatic N) is 2. The molecule has 1 heterocycles. The van der Waals surface area contributed by atoms with E-state index in [1.54, 1.807) is 6.20 Å². The van der Waals surface area contributed by atoms with E-state index in [1.807, 2.05) is 79.2 Å². The van der Waals surface area contributed by atoms with E-state index in [0.717, 1.165) is 17.8 Å². The largest absolute Gasteiger partial charge is 0.294 e. The van der Waals surface area contributed by atoms with E-state index >= 15 is 0 Å². The Kier molecular flexibility index (Phi) is 5.97. The van der Waals surface area contributed by atoms with Crippen LogP contribution in [0.3, 0.4) is 0 Å². The van der Waals surface area contributed by atoms with Crippen molar-refractivity contribution in [3.05, 3.63) is 89.2 Å². The number of rotatable bonds is 8. The second-order valence-electron chi connectivity index (χ2n) is 6.68. The average Bonchev–Trinajstić information content (AvgIpc) is 3.09. The van der Waals surface area contributed by atoms with Crippen LogP contribution in [0.5, 0.6) is 0 Å². The summed E-state index contributed by atoms with van der Waals surface area (Å²) in [7, 11) is 0. The Morgan fingerprint density at radius 2 is 1.37 bits per heavy atom. The van der Waals surface area contributed by atoms with E-state index in [2.05, 4.69) is 5.10 Å². The van der Waals surface area contributed by atoms with Gasteiger partial charge in [0.1, 0.15) is 0 Å². The molecule has 0 saturated carbocycles. The van der Waals surface area contributed by atoms with Crippen LogP contribution in [-0.4, -0.2) is 21.3 Å². The van der Waals surface area contributed by atoms with Gasteiger partial charge in [0.05, 0.1) is 6.20 Å². The van der Waals surface area contributed by atoms with Crippen LogP contribution in [0.1, 0.15) is 57.7 Å². The minimum Gasteiger partial charge on any atom is -0.294 e. The van der Waals surface area contributed by atoms with Gasteiger partial charge < -0.3 is 0 Å². The summed E-state index contributed by atoms with van der Waals surface area (Å²) >= 11 is 0. The highest BCUT2D eigenvalue weighted by Gasteiger charge is 2.24. The lowest BCUT2D eigenvalue weighted by Crippen LogP contribution is -2.13. The van der Waals surface area contributed by atoms with Crippen molar-refractivity contribution in [1.29, 1.82) is 0 Å². The lowest BCUT2D eigenvalue weighted by atomic mass is 9.86. The number of Topliss-reactive ketones (excluding diaryl/α,β-unsaturated/α-hetero) is 2. The van der Waals surface area contributed by atoms with Crippen molar-refractivity contribution < 1.29 is 9.59 Å². The van der Waals surface area contributed by atoms with Crippen LogP contribution in [0.25, 0.3) is 0 Å². The van der Waals surface area contributed by atoms with E-state index in [9.17, 15) is 9.59 Å². The summed E-state index contributed by atoms with van der Waals surface area (Å²) in [4.78, 5) is 25.6. The summed E-state index contributed by atoms with van der Waals surface area (Å²) in [6.07, 6.45) is 2.39. The van der Waals surface area contributed by atoms with Gasteiger partial charge in [0.15, 0.2) is 11.6 Å². The Bertz CT molecular complexity index is 861. The first-order valence-electron chi connectivity index (χ1n) is 9.29. The molecule has 3 aromatic rings. The molecule has 0 N–H and O–H groups in total. The van der Waals surface area contributed by atoms with Crippen molar-refractivity contribution in [2.45, 2.75) is 39.2 Å². The van der Waals surface area contributed by atoms with Crippen molar-refractivity contribution in [2.75, 3.05) is 0 Å². The van der Waals surface area contributed by atoms with Gasteiger partial charge in [-0.05, 0) is 19.4 Å². The maximum atomic E-state index is 12.8. The van der Waals surface area contributed by atoms with Crippen LogP contribution < -0.4 is 0 Å². The fourth-order valence-corrected chi connectivity index (χ4v) is 3.40. The van der Waals surface area contributed by atoms with Gasteiger partial charge in [-0.2, -0.15) is 5.10 Å². The van der Waals surface area contributed by atoms with Crippen LogP contribution in [0.15, 0.2) is 66.9 Å². The van der Waals surface area contributed by atoms with E-state index in [1.165, 1.54) is 0 Å². The zero-order chi connectivity index (χ0) is 19.2. The van der Waals surface area contributed by atoms with Crippen LogP contribution >= 0.6 is 0 Å². The first kappa shape index (κ1) is 18.8. The zero-order valence-corrected chi connectivity index (χ0v) is 15.8. The maximum absolute atomic E-state index is 12.8. The molecule has 0 atom stereocenters. The van der Waals surface area contributed by atoms with Crippen molar-refractivity contribution in [1.82, 2.24) is 9.78 Å². The Labute approximate surface area is 159 Å². The number of hydrogen-bond acceptors (Lipinski definition) is 3. The fraction of sp³-hybridized carbons (Fsp3) is 0.261.